The molecule has 3 aromatic heterocycles. The molecular formula is C16H16N2OS3. The number of aryl methyl sites for hydroxylation is 2. The van der Waals surface area contributed by atoms with E-state index < -0.39 is 0 Å². The van der Waals surface area contributed by atoms with Crippen LogP contribution in [0.25, 0.3) is 20.5 Å². The number of carbonyl (C=O) groups is 1. The minimum atomic E-state index is -0.00440. The van der Waals surface area contributed by atoms with Crippen molar-refractivity contribution in [2.24, 2.45) is 0 Å². The summed E-state index contributed by atoms with van der Waals surface area (Å²) < 4.78 is 0. The SMILES string of the molecule is CC(=O)NCc1ccc(-c2nc(-c3sccc3C)sc2C)s1. The lowest BCUT2D eigenvalue weighted by Crippen LogP contribution is -2.17. The fraction of sp³-hybridized carbons (Fsp3) is 0.250. The van der Waals surface area contributed by atoms with Crippen LogP contribution in [0.1, 0.15) is 22.2 Å². The molecule has 3 aromatic rings. The number of hydrogen-bond acceptors (Lipinski definition) is 5. The third-order valence-electron chi connectivity index (χ3n) is 3.26. The maximum atomic E-state index is 11.0. The van der Waals surface area contributed by atoms with Crippen LogP contribution >= 0.6 is 34.0 Å². The van der Waals surface area contributed by atoms with E-state index in [9.17, 15) is 4.79 Å². The molecule has 0 aromatic carbocycles. The van der Waals surface area contributed by atoms with E-state index in [0.717, 1.165) is 20.5 Å². The number of nitrogens with zero attached hydrogens (tertiary/aromatic N) is 1. The zero-order chi connectivity index (χ0) is 15.7. The van der Waals surface area contributed by atoms with Gasteiger partial charge in [0.1, 0.15) is 5.01 Å². The molecule has 22 heavy (non-hydrogen) atoms. The van der Waals surface area contributed by atoms with Crippen LogP contribution in [0.15, 0.2) is 23.6 Å². The number of carbonyl (C=O) groups excluding carboxylic acids is 1. The molecule has 0 fully saturated rings. The Morgan fingerprint density at radius 3 is 2.73 bits per heavy atom. The maximum Gasteiger partial charge on any atom is 0.217 e. The van der Waals surface area contributed by atoms with E-state index in [1.807, 2.05) is 0 Å². The van der Waals surface area contributed by atoms with Crippen LogP contribution in [-0.4, -0.2) is 10.9 Å². The summed E-state index contributed by atoms with van der Waals surface area (Å²) in [4.78, 5) is 20.6. The molecule has 0 bridgehead atoms. The van der Waals surface area contributed by atoms with Crippen LogP contribution in [0.5, 0.6) is 0 Å². The third-order valence-corrected chi connectivity index (χ3v) is 6.49. The second-order valence-corrected chi connectivity index (χ2v) is 8.32. The van der Waals surface area contributed by atoms with Gasteiger partial charge in [-0.3, -0.25) is 4.79 Å². The van der Waals surface area contributed by atoms with Crippen molar-refractivity contribution >= 4 is 39.9 Å². The summed E-state index contributed by atoms with van der Waals surface area (Å²) in [6.45, 7) is 6.36. The number of thiophene rings is 2. The fourth-order valence-electron chi connectivity index (χ4n) is 2.13. The van der Waals surface area contributed by atoms with Crippen molar-refractivity contribution in [3.05, 3.63) is 38.9 Å². The van der Waals surface area contributed by atoms with Gasteiger partial charge in [-0.1, -0.05) is 0 Å². The predicted octanol–water partition coefficient (Wildman–Crippen LogP) is 4.85. The van der Waals surface area contributed by atoms with Crippen molar-refractivity contribution in [2.75, 3.05) is 0 Å². The Kier molecular flexibility index (Phi) is 4.42. The van der Waals surface area contributed by atoms with Gasteiger partial charge in [-0.25, -0.2) is 4.98 Å². The zero-order valence-electron chi connectivity index (χ0n) is 12.6. The third kappa shape index (κ3) is 3.14. The first-order valence-corrected chi connectivity index (χ1v) is 9.41. The van der Waals surface area contributed by atoms with E-state index >= 15 is 0 Å². The molecule has 0 aliphatic rings. The number of thiazole rings is 1. The summed E-state index contributed by atoms with van der Waals surface area (Å²) in [6.07, 6.45) is 0. The van der Waals surface area contributed by atoms with Gasteiger partial charge in [0.05, 0.1) is 22.0 Å². The van der Waals surface area contributed by atoms with Crippen molar-refractivity contribution in [3.8, 4) is 20.5 Å². The molecule has 0 atom stereocenters. The molecule has 3 rings (SSSR count). The quantitative estimate of drug-likeness (QED) is 0.732. The minimum Gasteiger partial charge on any atom is -0.351 e. The molecular weight excluding hydrogens is 332 g/mol. The first-order valence-electron chi connectivity index (χ1n) is 6.90. The number of amides is 1. The van der Waals surface area contributed by atoms with Gasteiger partial charge in [0.25, 0.3) is 0 Å². The maximum absolute atomic E-state index is 11.0. The molecule has 0 aliphatic heterocycles. The summed E-state index contributed by atoms with van der Waals surface area (Å²) in [5, 5.41) is 6.03. The van der Waals surface area contributed by atoms with Gasteiger partial charge in [-0.2, -0.15) is 0 Å². The van der Waals surface area contributed by atoms with Gasteiger partial charge < -0.3 is 5.32 Å². The predicted molar refractivity (Wildman–Crippen MR) is 95.7 cm³/mol. The molecule has 0 radical (unpaired) electrons. The summed E-state index contributed by atoms with van der Waals surface area (Å²) >= 11 is 5.17. The minimum absolute atomic E-state index is 0.00440. The standard InChI is InChI=1S/C16H16N2OS3/c1-9-6-7-20-15(9)16-18-14(10(2)21-16)13-5-4-12(22-13)8-17-11(3)19/h4-7H,8H2,1-3H3,(H,17,19). The van der Waals surface area contributed by atoms with E-state index in [1.54, 1.807) is 34.0 Å². The monoisotopic (exact) mass is 348 g/mol. The fourth-order valence-corrected chi connectivity index (χ4v) is 5.20. The van der Waals surface area contributed by atoms with E-state index in [4.69, 9.17) is 4.98 Å². The second kappa shape index (κ2) is 6.32. The summed E-state index contributed by atoms with van der Waals surface area (Å²) in [5.74, 6) is -0.00440. The Hall–Kier alpha value is -1.50. The van der Waals surface area contributed by atoms with Gasteiger partial charge in [-0.05, 0) is 43.0 Å². The van der Waals surface area contributed by atoms with E-state index in [2.05, 4.69) is 42.7 Å². The number of hydrogen-bond donors (Lipinski definition) is 1. The van der Waals surface area contributed by atoms with Gasteiger partial charge in [0.2, 0.25) is 5.91 Å². The second-order valence-electron chi connectivity index (χ2n) is 5.03. The highest BCUT2D eigenvalue weighted by Crippen LogP contribution is 2.39. The van der Waals surface area contributed by atoms with Gasteiger partial charge >= 0.3 is 0 Å². The first-order chi connectivity index (χ1) is 10.5. The topological polar surface area (TPSA) is 42.0 Å². The van der Waals surface area contributed by atoms with E-state index in [-0.39, 0.29) is 5.91 Å². The lowest BCUT2D eigenvalue weighted by Gasteiger charge is -1.97. The Morgan fingerprint density at radius 1 is 1.23 bits per heavy atom. The lowest BCUT2D eigenvalue weighted by molar-refractivity contribution is -0.119. The smallest absolute Gasteiger partial charge is 0.217 e. The van der Waals surface area contributed by atoms with E-state index in [1.165, 1.54) is 22.2 Å². The lowest BCUT2D eigenvalue weighted by atomic mass is 10.3. The Labute approximate surface area is 141 Å². The molecule has 0 saturated heterocycles. The molecule has 0 spiro atoms. The van der Waals surface area contributed by atoms with Crippen LogP contribution in [0, 0.1) is 13.8 Å². The molecule has 3 nitrogen and oxygen atoms in total. The van der Waals surface area contributed by atoms with Crippen molar-refractivity contribution < 1.29 is 4.79 Å². The molecule has 0 unspecified atom stereocenters. The highest BCUT2D eigenvalue weighted by Gasteiger charge is 2.15. The van der Waals surface area contributed by atoms with Gasteiger partial charge in [-0.15, -0.1) is 34.0 Å². The number of aromatic nitrogens is 1. The highest BCUT2D eigenvalue weighted by atomic mass is 32.1. The highest BCUT2D eigenvalue weighted by molar-refractivity contribution is 7.21. The number of nitrogens with one attached hydrogen (secondary N) is 1. The van der Waals surface area contributed by atoms with Crippen LogP contribution in [0.3, 0.4) is 0 Å². The number of rotatable bonds is 4. The first kappa shape index (κ1) is 15.4. The van der Waals surface area contributed by atoms with Crippen LogP contribution in [0.2, 0.25) is 0 Å². The Bertz CT molecular complexity index is 813. The summed E-state index contributed by atoms with van der Waals surface area (Å²) in [5.41, 5.74) is 2.34. The van der Waals surface area contributed by atoms with Crippen LogP contribution < -0.4 is 5.32 Å². The van der Waals surface area contributed by atoms with Crippen molar-refractivity contribution in [1.29, 1.82) is 0 Å². The average molecular weight is 349 g/mol. The van der Waals surface area contributed by atoms with Gasteiger partial charge in [0, 0.05) is 16.7 Å². The molecule has 6 heteroatoms. The normalized spacial score (nSPS) is 10.9. The van der Waals surface area contributed by atoms with Gasteiger partial charge in [0.15, 0.2) is 0 Å². The molecule has 1 amide bonds. The van der Waals surface area contributed by atoms with Crippen molar-refractivity contribution in [2.45, 2.75) is 27.3 Å². The Balaban J connectivity index is 1.88. The summed E-state index contributed by atoms with van der Waals surface area (Å²) in [7, 11) is 0. The van der Waals surface area contributed by atoms with Crippen LogP contribution in [0.4, 0.5) is 0 Å². The molecule has 114 valence electrons. The largest absolute Gasteiger partial charge is 0.351 e. The average Bonchev–Trinajstić information content (AvgIpc) is 3.16. The Morgan fingerprint density at radius 2 is 2.05 bits per heavy atom. The van der Waals surface area contributed by atoms with Crippen molar-refractivity contribution in [3.63, 3.8) is 0 Å². The molecule has 3 heterocycles. The molecule has 0 saturated carbocycles. The van der Waals surface area contributed by atoms with E-state index in [0.29, 0.717) is 6.54 Å². The zero-order valence-corrected chi connectivity index (χ0v) is 15.0. The van der Waals surface area contributed by atoms with Crippen LogP contribution in [-0.2, 0) is 11.3 Å². The summed E-state index contributed by atoms with van der Waals surface area (Å²) in [6, 6.07) is 6.28. The molecule has 0 aliphatic carbocycles. The van der Waals surface area contributed by atoms with Crippen molar-refractivity contribution in [1.82, 2.24) is 10.3 Å². The molecule has 1 N–H and O–H groups in total.